The van der Waals surface area contributed by atoms with Gasteiger partial charge in [-0.15, -0.1) is 0 Å². The summed E-state index contributed by atoms with van der Waals surface area (Å²) in [7, 11) is 0. The van der Waals surface area contributed by atoms with Crippen LogP contribution in [0.15, 0.2) is 17.3 Å². The number of oxime groups is 1. The van der Waals surface area contributed by atoms with E-state index in [0.29, 0.717) is 11.7 Å². The van der Waals surface area contributed by atoms with Crippen LogP contribution in [0.3, 0.4) is 0 Å². The van der Waals surface area contributed by atoms with Crippen molar-refractivity contribution in [3.05, 3.63) is 27.9 Å². The second-order valence-electron chi connectivity index (χ2n) is 4.97. The third-order valence-corrected chi connectivity index (χ3v) is 3.39. The molecule has 1 atom stereocenters. The van der Waals surface area contributed by atoms with E-state index in [2.05, 4.69) is 22.0 Å². The Morgan fingerprint density at radius 3 is 3.00 bits per heavy atom. The predicted octanol–water partition coefficient (Wildman–Crippen LogP) is 1.32. The standard InChI is InChI=1S/C12H17N5O3/c1-8-3-2-6-16(7-8)10-5-4-9(17(19)20)11(14-10)12(13)15-18/h4-5,8,18H,2-3,6-7H2,1H3,(H2,13,15). The molecule has 1 saturated heterocycles. The number of hydrogen-bond donors (Lipinski definition) is 2. The van der Waals surface area contributed by atoms with Crippen molar-refractivity contribution in [2.45, 2.75) is 19.8 Å². The second kappa shape index (κ2) is 5.72. The molecule has 3 N–H and O–H groups in total. The predicted molar refractivity (Wildman–Crippen MR) is 74.0 cm³/mol. The SMILES string of the molecule is CC1CCCN(c2ccc([N+](=O)[O-])c(/C(N)=N/O)n2)C1. The van der Waals surface area contributed by atoms with Gasteiger partial charge in [-0.05, 0) is 24.8 Å². The Labute approximate surface area is 116 Å². The van der Waals surface area contributed by atoms with Crippen LogP contribution in [0.5, 0.6) is 0 Å². The van der Waals surface area contributed by atoms with Crippen LogP contribution >= 0.6 is 0 Å². The van der Waals surface area contributed by atoms with Crippen molar-refractivity contribution < 1.29 is 10.1 Å². The molecule has 0 amide bonds. The molecule has 0 spiro atoms. The van der Waals surface area contributed by atoms with E-state index in [0.717, 1.165) is 25.9 Å². The van der Waals surface area contributed by atoms with E-state index < -0.39 is 4.92 Å². The number of nitro groups is 1. The van der Waals surface area contributed by atoms with Gasteiger partial charge >= 0.3 is 0 Å². The van der Waals surface area contributed by atoms with Gasteiger partial charge in [-0.3, -0.25) is 10.1 Å². The van der Waals surface area contributed by atoms with Crippen molar-refractivity contribution in [1.82, 2.24) is 4.98 Å². The zero-order chi connectivity index (χ0) is 14.7. The first kappa shape index (κ1) is 14.0. The maximum atomic E-state index is 10.9. The highest BCUT2D eigenvalue weighted by atomic mass is 16.6. The summed E-state index contributed by atoms with van der Waals surface area (Å²) in [6, 6.07) is 2.94. The highest BCUT2D eigenvalue weighted by molar-refractivity contribution is 5.99. The number of rotatable bonds is 3. The lowest BCUT2D eigenvalue weighted by molar-refractivity contribution is -0.385. The number of piperidine rings is 1. The Morgan fingerprint density at radius 1 is 1.65 bits per heavy atom. The maximum Gasteiger partial charge on any atom is 0.298 e. The topological polar surface area (TPSA) is 118 Å². The average molecular weight is 279 g/mol. The summed E-state index contributed by atoms with van der Waals surface area (Å²) in [6.45, 7) is 3.85. The Bertz CT molecular complexity index is 546. The fraction of sp³-hybridized carbons (Fsp3) is 0.500. The maximum absolute atomic E-state index is 10.9. The molecule has 1 unspecified atom stereocenters. The number of nitrogens with zero attached hydrogens (tertiary/aromatic N) is 4. The van der Waals surface area contributed by atoms with Gasteiger partial charge in [-0.2, -0.15) is 0 Å². The molecule has 2 rings (SSSR count). The number of hydrogen-bond acceptors (Lipinski definition) is 6. The number of aromatic nitrogens is 1. The van der Waals surface area contributed by atoms with Crippen LogP contribution in [0.2, 0.25) is 0 Å². The quantitative estimate of drug-likeness (QED) is 0.283. The molecular weight excluding hydrogens is 262 g/mol. The molecule has 0 saturated carbocycles. The van der Waals surface area contributed by atoms with Crippen molar-refractivity contribution in [3.8, 4) is 0 Å². The minimum absolute atomic E-state index is 0.103. The lowest BCUT2D eigenvalue weighted by Crippen LogP contribution is -2.35. The van der Waals surface area contributed by atoms with E-state index in [4.69, 9.17) is 10.9 Å². The van der Waals surface area contributed by atoms with E-state index in [1.165, 1.54) is 6.07 Å². The number of anilines is 1. The van der Waals surface area contributed by atoms with Gasteiger partial charge in [0.05, 0.1) is 4.92 Å². The molecule has 0 aromatic carbocycles. The van der Waals surface area contributed by atoms with Gasteiger partial charge in [-0.1, -0.05) is 12.1 Å². The van der Waals surface area contributed by atoms with Crippen molar-refractivity contribution in [2.75, 3.05) is 18.0 Å². The largest absolute Gasteiger partial charge is 0.409 e. The van der Waals surface area contributed by atoms with Crippen molar-refractivity contribution in [3.63, 3.8) is 0 Å². The van der Waals surface area contributed by atoms with Crippen LogP contribution in [0.4, 0.5) is 11.5 Å². The highest BCUT2D eigenvalue weighted by Gasteiger charge is 2.23. The molecule has 20 heavy (non-hydrogen) atoms. The first-order valence-electron chi connectivity index (χ1n) is 6.41. The molecule has 108 valence electrons. The van der Waals surface area contributed by atoms with E-state index >= 15 is 0 Å². The van der Waals surface area contributed by atoms with Gasteiger partial charge in [0.15, 0.2) is 11.5 Å². The van der Waals surface area contributed by atoms with E-state index in [1.807, 2.05) is 0 Å². The van der Waals surface area contributed by atoms with Crippen LogP contribution in [-0.4, -0.2) is 34.0 Å². The first-order valence-corrected chi connectivity index (χ1v) is 6.41. The van der Waals surface area contributed by atoms with Gasteiger partial charge in [-0.25, -0.2) is 4.98 Å². The van der Waals surface area contributed by atoms with Crippen LogP contribution in [-0.2, 0) is 0 Å². The zero-order valence-corrected chi connectivity index (χ0v) is 11.2. The fourth-order valence-electron chi connectivity index (χ4n) is 2.40. The average Bonchev–Trinajstić information content (AvgIpc) is 2.45. The molecule has 8 nitrogen and oxygen atoms in total. The van der Waals surface area contributed by atoms with Gasteiger partial charge in [0.25, 0.3) is 5.69 Å². The summed E-state index contributed by atoms with van der Waals surface area (Å²) in [5.74, 6) is 0.806. The van der Waals surface area contributed by atoms with Crippen LogP contribution < -0.4 is 10.6 Å². The molecule has 1 aliphatic heterocycles. The Hall–Kier alpha value is -2.38. The van der Waals surface area contributed by atoms with Gasteiger partial charge in [0, 0.05) is 19.2 Å². The zero-order valence-electron chi connectivity index (χ0n) is 11.2. The van der Waals surface area contributed by atoms with Crippen molar-refractivity contribution in [2.24, 2.45) is 16.8 Å². The van der Waals surface area contributed by atoms with E-state index in [9.17, 15) is 10.1 Å². The number of nitrogens with two attached hydrogens (primary N) is 1. The lowest BCUT2D eigenvalue weighted by atomic mass is 10.0. The molecule has 0 radical (unpaired) electrons. The van der Waals surface area contributed by atoms with Crippen LogP contribution in [0, 0.1) is 16.0 Å². The smallest absolute Gasteiger partial charge is 0.298 e. The molecule has 0 bridgehead atoms. The summed E-state index contributed by atoms with van der Waals surface area (Å²) in [5, 5.41) is 22.5. The minimum atomic E-state index is -0.594. The molecular formula is C12H17N5O3. The van der Waals surface area contributed by atoms with E-state index in [-0.39, 0.29) is 17.2 Å². The van der Waals surface area contributed by atoms with Gasteiger partial charge in [0.2, 0.25) is 0 Å². The Balaban J connectivity index is 2.39. The first-order chi connectivity index (χ1) is 9.52. The lowest BCUT2D eigenvalue weighted by Gasteiger charge is -2.31. The molecule has 1 fully saturated rings. The number of amidine groups is 1. The van der Waals surface area contributed by atoms with Crippen LogP contribution in [0.25, 0.3) is 0 Å². The minimum Gasteiger partial charge on any atom is -0.409 e. The molecule has 2 heterocycles. The van der Waals surface area contributed by atoms with E-state index in [1.54, 1.807) is 6.07 Å². The Kier molecular flexibility index (Phi) is 4.02. The summed E-state index contributed by atoms with van der Waals surface area (Å²) >= 11 is 0. The van der Waals surface area contributed by atoms with Gasteiger partial charge < -0.3 is 15.8 Å². The number of pyridine rings is 1. The third-order valence-electron chi connectivity index (χ3n) is 3.39. The molecule has 0 aliphatic carbocycles. The summed E-state index contributed by atoms with van der Waals surface area (Å²) < 4.78 is 0. The Morgan fingerprint density at radius 2 is 2.40 bits per heavy atom. The van der Waals surface area contributed by atoms with Gasteiger partial charge in [0.1, 0.15) is 5.82 Å². The second-order valence-corrected chi connectivity index (χ2v) is 4.97. The molecule has 8 heteroatoms. The highest BCUT2D eigenvalue weighted by Crippen LogP contribution is 2.25. The van der Waals surface area contributed by atoms with Crippen molar-refractivity contribution in [1.29, 1.82) is 0 Å². The third kappa shape index (κ3) is 2.79. The summed E-state index contributed by atoms with van der Waals surface area (Å²) in [5.41, 5.74) is 5.10. The fourth-order valence-corrected chi connectivity index (χ4v) is 2.40. The normalized spacial score (nSPS) is 19.9. The molecule has 1 aromatic rings. The summed E-state index contributed by atoms with van der Waals surface area (Å²) in [6.07, 6.45) is 2.22. The molecule has 1 aromatic heterocycles. The monoisotopic (exact) mass is 279 g/mol. The van der Waals surface area contributed by atoms with Crippen molar-refractivity contribution >= 4 is 17.3 Å². The summed E-state index contributed by atoms with van der Waals surface area (Å²) in [4.78, 5) is 16.6. The molecule has 1 aliphatic rings. The van der Waals surface area contributed by atoms with Crippen LogP contribution in [0.1, 0.15) is 25.5 Å².